The molecule has 0 saturated heterocycles. The van der Waals surface area contributed by atoms with Crippen molar-refractivity contribution in [3.63, 3.8) is 0 Å². The Morgan fingerprint density at radius 3 is 2.26 bits per heavy atom. The topological polar surface area (TPSA) is 58.6 Å². The van der Waals surface area contributed by atoms with E-state index in [1.54, 1.807) is 0 Å². The van der Waals surface area contributed by atoms with E-state index in [0.29, 0.717) is 29.2 Å². The number of carbonyl (C=O) groups excluding carboxylic acids is 2. The molecule has 1 N–H and O–H groups in total. The zero-order valence-electron chi connectivity index (χ0n) is 17.4. The Balaban J connectivity index is 1.68. The molecule has 156 valence electrons. The van der Waals surface area contributed by atoms with Gasteiger partial charge < -0.3 is 10.1 Å². The lowest BCUT2D eigenvalue weighted by atomic mass is 10.0. The molecule has 3 aromatic carbocycles. The summed E-state index contributed by atoms with van der Waals surface area (Å²) in [7, 11) is 0. The fraction of sp³-hybridized carbons (Fsp3) is 0.154. The third-order valence-corrected chi connectivity index (χ3v) is 4.99. The van der Waals surface area contributed by atoms with E-state index in [-0.39, 0.29) is 24.1 Å². The number of benzene rings is 3. The first-order valence-electron chi connectivity index (χ1n) is 10.4. The Hall–Kier alpha value is -3.86. The third-order valence-electron chi connectivity index (χ3n) is 4.99. The Morgan fingerprint density at radius 1 is 0.839 bits per heavy atom. The Labute approximate surface area is 182 Å². The van der Waals surface area contributed by atoms with E-state index >= 15 is 0 Å². The van der Waals surface area contributed by atoms with Gasteiger partial charge in [-0.3, -0.25) is 14.5 Å². The van der Waals surface area contributed by atoms with E-state index in [4.69, 9.17) is 4.74 Å². The minimum Gasteiger partial charge on any atom is -0.494 e. The lowest BCUT2D eigenvalue weighted by Gasteiger charge is -2.15. The normalized spacial score (nSPS) is 13.6. The molecule has 0 aromatic heterocycles. The Kier molecular flexibility index (Phi) is 6.13. The first-order valence-corrected chi connectivity index (χ1v) is 10.4. The smallest absolute Gasteiger partial charge is 0.278 e. The number of rotatable bonds is 8. The van der Waals surface area contributed by atoms with E-state index in [1.165, 1.54) is 4.90 Å². The number of amides is 2. The van der Waals surface area contributed by atoms with Gasteiger partial charge in [0.1, 0.15) is 11.4 Å². The second-order valence-corrected chi connectivity index (χ2v) is 7.30. The molecule has 2 amide bonds. The zero-order valence-corrected chi connectivity index (χ0v) is 17.4. The number of hydrogen-bond acceptors (Lipinski definition) is 4. The predicted octanol–water partition coefficient (Wildman–Crippen LogP) is 4.87. The first-order chi connectivity index (χ1) is 15.2. The number of hydrogen-bond donors (Lipinski definition) is 1. The maximum atomic E-state index is 13.3. The van der Waals surface area contributed by atoms with Gasteiger partial charge in [0, 0.05) is 11.8 Å². The Morgan fingerprint density at radius 2 is 1.55 bits per heavy atom. The van der Waals surface area contributed by atoms with E-state index in [1.807, 2.05) is 91.9 Å². The van der Waals surface area contributed by atoms with Gasteiger partial charge in [-0.15, -0.1) is 0 Å². The van der Waals surface area contributed by atoms with Crippen molar-refractivity contribution < 1.29 is 14.3 Å². The van der Waals surface area contributed by atoms with Crippen LogP contribution < -0.4 is 10.1 Å². The SMILES string of the molecule is CCCOc1cccc(NC2=C(c3ccccc3)C(=O)N(Cc3ccccc3)C2=O)c1. The number of nitrogens with zero attached hydrogens (tertiary/aromatic N) is 1. The van der Waals surface area contributed by atoms with Crippen molar-refractivity contribution in [1.82, 2.24) is 4.90 Å². The highest BCUT2D eigenvalue weighted by Crippen LogP contribution is 2.32. The molecule has 0 radical (unpaired) electrons. The average molecular weight is 412 g/mol. The summed E-state index contributed by atoms with van der Waals surface area (Å²) < 4.78 is 5.70. The molecule has 5 nitrogen and oxygen atoms in total. The molecule has 5 heteroatoms. The zero-order chi connectivity index (χ0) is 21.6. The highest BCUT2D eigenvalue weighted by Gasteiger charge is 2.39. The van der Waals surface area contributed by atoms with Crippen LogP contribution in [0.25, 0.3) is 5.57 Å². The summed E-state index contributed by atoms with van der Waals surface area (Å²) >= 11 is 0. The molecular formula is C26H24N2O3. The minimum atomic E-state index is -0.340. The van der Waals surface area contributed by atoms with E-state index < -0.39 is 0 Å². The molecule has 0 saturated carbocycles. The van der Waals surface area contributed by atoms with Crippen LogP contribution >= 0.6 is 0 Å². The van der Waals surface area contributed by atoms with Gasteiger partial charge in [-0.2, -0.15) is 0 Å². The van der Waals surface area contributed by atoms with Crippen LogP contribution in [0, 0.1) is 0 Å². The summed E-state index contributed by atoms with van der Waals surface area (Å²) in [6, 6.07) is 26.2. The van der Waals surface area contributed by atoms with E-state index in [2.05, 4.69) is 5.32 Å². The monoisotopic (exact) mass is 412 g/mol. The van der Waals surface area contributed by atoms with E-state index in [9.17, 15) is 9.59 Å². The van der Waals surface area contributed by atoms with Gasteiger partial charge in [-0.05, 0) is 29.7 Å². The van der Waals surface area contributed by atoms with Gasteiger partial charge >= 0.3 is 0 Å². The van der Waals surface area contributed by atoms with Crippen molar-refractivity contribution in [2.45, 2.75) is 19.9 Å². The highest BCUT2D eigenvalue weighted by molar-refractivity contribution is 6.36. The molecule has 0 spiro atoms. The minimum absolute atomic E-state index is 0.222. The molecule has 31 heavy (non-hydrogen) atoms. The maximum Gasteiger partial charge on any atom is 0.278 e. The second kappa shape index (κ2) is 9.30. The molecule has 1 heterocycles. The maximum absolute atomic E-state index is 13.3. The lowest BCUT2D eigenvalue weighted by Crippen LogP contribution is -2.31. The number of carbonyl (C=O) groups is 2. The fourth-order valence-electron chi connectivity index (χ4n) is 3.50. The van der Waals surface area contributed by atoms with Crippen molar-refractivity contribution >= 4 is 23.1 Å². The quantitative estimate of drug-likeness (QED) is 0.537. The van der Waals surface area contributed by atoms with Crippen LogP contribution in [0.2, 0.25) is 0 Å². The van der Waals surface area contributed by atoms with Crippen molar-refractivity contribution in [2.75, 3.05) is 11.9 Å². The molecule has 0 unspecified atom stereocenters. The summed E-state index contributed by atoms with van der Waals surface area (Å²) in [5, 5.41) is 3.19. The van der Waals surface area contributed by atoms with Crippen LogP contribution in [0.1, 0.15) is 24.5 Å². The summed E-state index contributed by atoms with van der Waals surface area (Å²) in [6.45, 7) is 2.88. The fourth-order valence-corrected chi connectivity index (χ4v) is 3.50. The molecule has 0 aliphatic carbocycles. The summed E-state index contributed by atoms with van der Waals surface area (Å²) in [5.41, 5.74) is 2.95. The van der Waals surface area contributed by atoms with Gasteiger partial charge in [0.25, 0.3) is 11.8 Å². The second-order valence-electron chi connectivity index (χ2n) is 7.30. The standard InChI is InChI=1S/C26H24N2O3/c1-2-16-31-22-15-9-14-21(17-22)27-24-23(20-12-7-4-8-13-20)25(29)28(26(24)30)18-19-10-5-3-6-11-19/h3-15,17,27H,2,16,18H2,1H3. The highest BCUT2D eigenvalue weighted by atomic mass is 16.5. The van der Waals surface area contributed by atoms with Crippen LogP contribution in [0.4, 0.5) is 5.69 Å². The van der Waals surface area contributed by atoms with Crippen molar-refractivity contribution in [2.24, 2.45) is 0 Å². The molecule has 3 aromatic rings. The number of nitrogens with one attached hydrogen (secondary N) is 1. The lowest BCUT2D eigenvalue weighted by molar-refractivity contribution is -0.137. The molecule has 0 bridgehead atoms. The van der Waals surface area contributed by atoms with Crippen LogP contribution in [-0.4, -0.2) is 23.3 Å². The van der Waals surface area contributed by atoms with E-state index in [0.717, 1.165) is 12.0 Å². The van der Waals surface area contributed by atoms with Crippen molar-refractivity contribution in [3.8, 4) is 5.75 Å². The van der Waals surface area contributed by atoms with Crippen molar-refractivity contribution in [1.29, 1.82) is 0 Å². The summed E-state index contributed by atoms with van der Waals surface area (Å²) in [6.07, 6.45) is 0.905. The van der Waals surface area contributed by atoms with Gasteiger partial charge in [0.2, 0.25) is 0 Å². The average Bonchev–Trinajstić information content (AvgIpc) is 3.03. The molecular weight excluding hydrogens is 388 g/mol. The van der Waals surface area contributed by atoms with Gasteiger partial charge in [0.15, 0.2) is 0 Å². The first kappa shape index (κ1) is 20.4. The van der Waals surface area contributed by atoms with Crippen LogP contribution in [-0.2, 0) is 16.1 Å². The van der Waals surface area contributed by atoms with Crippen LogP contribution in [0.3, 0.4) is 0 Å². The predicted molar refractivity (Wildman–Crippen MR) is 121 cm³/mol. The third kappa shape index (κ3) is 4.51. The number of anilines is 1. The summed E-state index contributed by atoms with van der Waals surface area (Å²) in [4.78, 5) is 27.9. The number of imide groups is 1. The summed E-state index contributed by atoms with van der Waals surface area (Å²) in [5.74, 6) is 0.0696. The molecule has 1 aliphatic rings. The molecule has 0 atom stereocenters. The van der Waals surface area contributed by atoms with Gasteiger partial charge in [-0.1, -0.05) is 73.7 Å². The van der Waals surface area contributed by atoms with Crippen LogP contribution in [0.15, 0.2) is 90.6 Å². The molecule has 4 rings (SSSR count). The number of ether oxygens (including phenoxy) is 1. The van der Waals surface area contributed by atoms with Crippen molar-refractivity contribution in [3.05, 3.63) is 102 Å². The largest absolute Gasteiger partial charge is 0.494 e. The van der Waals surface area contributed by atoms with Gasteiger partial charge in [0.05, 0.1) is 18.7 Å². The molecule has 0 fully saturated rings. The van der Waals surface area contributed by atoms with Crippen LogP contribution in [0.5, 0.6) is 5.75 Å². The molecule has 1 aliphatic heterocycles. The Bertz CT molecular complexity index is 1110. The van der Waals surface area contributed by atoms with Gasteiger partial charge in [-0.25, -0.2) is 0 Å².